The van der Waals surface area contributed by atoms with Gasteiger partial charge >= 0.3 is 0 Å². The van der Waals surface area contributed by atoms with Crippen LogP contribution >= 0.6 is 27.5 Å². The van der Waals surface area contributed by atoms with E-state index in [2.05, 4.69) is 22.9 Å². The standard InChI is InChI=1S/C12H15BrClFO/c1-9(2-4-14)3-5-16-12-7-10(13)6-11(15)8-12/h6-9H,2-5H2,1H3. The van der Waals surface area contributed by atoms with E-state index in [9.17, 15) is 4.39 Å². The van der Waals surface area contributed by atoms with E-state index in [0.717, 1.165) is 12.8 Å². The molecule has 0 bridgehead atoms. The van der Waals surface area contributed by atoms with Gasteiger partial charge in [-0.15, -0.1) is 11.6 Å². The van der Waals surface area contributed by atoms with Crippen molar-refractivity contribution in [2.24, 2.45) is 5.92 Å². The van der Waals surface area contributed by atoms with Crippen LogP contribution in [0.15, 0.2) is 22.7 Å². The predicted molar refractivity (Wildman–Crippen MR) is 68.7 cm³/mol. The molecule has 16 heavy (non-hydrogen) atoms. The van der Waals surface area contributed by atoms with Crippen molar-refractivity contribution in [2.45, 2.75) is 19.8 Å². The highest BCUT2D eigenvalue weighted by Crippen LogP contribution is 2.21. The fourth-order valence-electron chi connectivity index (χ4n) is 1.32. The molecule has 1 aromatic rings. The number of benzene rings is 1. The first-order valence-corrected chi connectivity index (χ1v) is 6.59. The molecule has 0 radical (unpaired) electrons. The topological polar surface area (TPSA) is 9.23 Å². The van der Waals surface area contributed by atoms with Gasteiger partial charge < -0.3 is 4.74 Å². The SMILES string of the molecule is CC(CCCl)CCOc1cc(F)cc(Br)c1. The van der Waals surface area contributed by atoms with Gasteiger partial charge in [0.25, 0.3) is 0 Å². The van der Waals surface area contributed by atoms with Crippen LogP contribution in [0.5, 0.6) is 5.75 Å². The minimum Gasteiger partial charge on any atom is -0.493 e. The summed E-state index contributed by atoms with van der Waals surface area (Å²) in [6.45, 7) is 2.72. The molecular formula is C12H15BrClFO. The molecule has 0 heterocycles. The molecule has 0 fully saturated rings. The Kier molecular flexibility index (Phi) is 6.14. The molecule has 0 aromatic heterocycles. The summed E-state index contributed by atoms with van der Waals surface area (Å²) in [6.07, 6.45) is 1.92. The van der Waals surface area contributed by atoms with E-state index in [0.29, 0.717) is 28.6 Å². The summed E-state index contributed by atoms with van der Waals surface area (Å²) in [7, 11) is 0. The minimum atomic E-state index is -0.293. The molecule has 0 N–H and O–H groups in total. The Morgan fingerprint density at radius 2 is 2.12 bits per heavy atom. The molecule has 0 amide bonds. The van der Waals surface area contributed by atoms with Crippen molar-refractivity contribution in [3.63, 3.8) is 0 Å². The Labute approximate surface area is 109 Å². The molecule has 90 valence electrons. The van der Waals surface area contributed by atoms with E-state index >= 15 is 0 Å². The first-order chi connectivity index (χ1) is 7.61. The van der Waals surface area contributed by atoms with Crippen LogP contribution in [0.3, 0.4) is 0 Å². The van der Waals surface area contributed by atoms with E-state index in [4.69, 9.17) is 16.3 Å². The van der Waals surface area contributed by atoms with E-state index in [1.54, 1.807) is 6.07 Å². The molecule has 0 saturated carbocycles. The Morgan fingerprint density at radius 3 is 2.75 bits per heavy atom. The van der Waals surface area contributed by atoms with E-state index in [1.807, 2.05) is 0 Å². The average Bonchev–Trinajstić information content (AvgIpc) is 2.16. The van der Waals surface area contributed by atoms with E-state index < -0.39 is 0 Å². The van der Waals surface area contributed by atoms with Crippen LogP contribution in [-0.2, 0) is 0 Å². The van der Waals surface area contributed by atoms with Gasteiger partial charge in [0.15, 0.2) is 0 Å². The van der Waals surface area contributed by atoms with Crippen LogP contribution in [0.4, 0.5) is 4.39 Å². The van der Waals surface area contributed by atoms with E-state index in [1.165, 1.54) is 12.1 Å². The number of hydrogen-bond acceptors (Lipinski definition) is 1. The molecule has 0 aliphatic heterocycles. The van der Waals surface area contributed by atoms with Gasteiger partial charge in [-0.1, -0.05) is 22.9 Å². The lowest BCUT2D eigenvalue weighted by Gasteiger charge is -2.11. The Morgan fingerprint density at radius 1 is 1.38 bits per heavy atom. The third-order valence-corrected chi connectivity index (χ3v) is 2.99. The number of halogens is 3. The second kappa shape index (κ2) is 7.13. The van der Waals surface area contributed by atoms with Gasteiger partial charge in [-0.05, 0) is 30.9 Å². The van der Waals surface area contributed by atoms with Crippen molar-refractivity contribution >= 4 is 27.5 Å². The summed E-state index contributed by atoms with van der Waals surface area (Å²) in [6, 6.07) is 4.55. The van der Waals surface area contributed by atoms with Crippen LogP contribution in [0.2, 0.25) is 0 Å². The molecular weight excluding hydrogens is 294 g/mol. The molecule has 1 atom stereocenters. The first kappa shape index (κ1) is 13.8. The number of ether oxygens (including phenoxy) is 1. The highest BCUT2D eigenvalue weighted by atomic mass is 79.9. The van der Waals surface area contributed by atoms with Crippen LogP contribution in [-0.4, -0.2) is 12.5 Å². The highest BCUT2D eigenvalue weighted by Gasteiger charge is 2.03. The minimum absolute atomic E-state index is 0.293. The summed E-state index contributed by atoms with van der Waals surface area (Å²) >= 11 is 8.86. The maximum Gasteiger partial charge on any atom is 0.128 e. The summed E-state index contributed by atoms with van der Waals surface area (Å²) in [5, 5.41) is 0. The monoisotopic (exact) mass is 308 g/mol. The predicted octanol–water partition coefficient (Wildman–Crippen LogP) is 4.62. The molecule has 0 aliphatic rings. The molecule has 0 saturated heterocycles. The summed E-state index contributed by atoms with van der Waals surface area (Å²) in [5.74, 6) is 1.48. The zero-order valence-corrected chi connectivity index (χ0v) is 11.5. The van der Waals surface area contributed by atoms with Crippen LogP contribution in [0.25, 0.3) is 0 Å². The van der Waals surface area contributed by atoms with Crippen LogP contribution in [0.1, 0.15) is 19.8 Å². The third-order valence-electron chi connectivity index (χ3n) is 2.32. The molecule has 1 unspecified atom stereocenters. The molecule has 4 heteroatoms. The molecule has 0 spiro atoms. The molecule has 1 aromatic carbocycles. The Balaban J connectivity index is 2.37. The maximum absolute atomic E-state index is 13.0. The Hall–Kier alpha value is -0.280. The molecule has 0 aliphatic carbocycles. The van der Waals surface area contributed by atoms with Crippen molar-refractivity contribution in [1.29, 1.82) is 0 Å². The summed E-state index contributed by atoms with van der Waals surface area (Å²) < 4.78 is 19.2. The van der Waals surface area contributed by atoms with Gasteiger partial charge in [0.05, 0.1) is 6.61 Å². The van der Waals surface area contributed by atoms with Gasteiger partial charge in [0.1, 0.15) is 11.6 Å². The fourth-order valence-corrected chi connectivity index (χ4v) is 2.14. The lowest BCUT2D eigenvalue weighted by atomic mass is 10.1. The summed E-state index contributed by atoms with van der Waals surface area (Å²) in [4.78, 5) is 0. The smallest absolute Gasteiger partial charge is 0.128 e. The first-order valence-electron chi connectivity index (χ1n) is 5.26. The average molecular weight is 310 g/mol. The number of rotatable bonds is 6. The maximum atomic E-state index is 13.0. The normalized spacial score (nSPS) is 12.5. The van der Waals surface area contributed by atoms with Gasteiger partial charge in [0.2, 0.25) is 0 Å². The van der Waals surface area contributed by atoms with Crippen molar-refractivity contribution in [2.75, 3.05) is 12.5 Å². The fraction of sp³-hybridized carbons (Fsp3) is 0.500. The van der Waals surface area contributed by atoms with Crippen LogP contribution in [0, 0.1) is 11.7 Å². The lowest BCUT2D eigenvalue weighted by Crippen LogP contribution is -2.04. The second-order valence-electron chi connectivity index (χ2n) is 3.83. The molecule has 1 nitrogen and oxygen atoms in total. The second-order valence-corrected chi connectivity index (χ2v) is 5.12. The quantitative estimate of drug-likeness (QED) is 0.697. The van der Waals surface area contributed by atoms with Gasteiger partial charge in [-0.3, -0.25) is 0 Å². The zero-order chi connectivity index (χ0) is 12.0. The van der Waals surface area contributed by atoms with Gasteiger partial charge in [-0.2, -0.15) is 0 Å². The van der Waals surface area contributed by atoms with Crippen molar-refractivity contribution < 1.29 is 9.13 Å². The van der Waals surface area contributed by atoms with Crippen molar-refractivity contribution in [3.05, 3.63) is 28.5 Å². The van der Waals surface area contributed by atoms with E-state index in [-0.39, 0.29) is 5.82 Å². The number of hydrogen-bond donors (Lipinski definition) is 0. The van der Waals surface area contributed by atoms with Crippen molar-refractivity contribution in [1.82, 2.24) is 0 Å². The number of alkyl halides is 1. The Bertz CT molecular complexity index is 313. The van der Waals surface area contributed by atoms with Gasteiger partial charge in [-0.25, -0.2) is 4.39 Å². The summed E-state index contributed by atoms with van der Waals surface area (Å²) in [5.41, 5.74) is 0. The lowest BCUT2D eigenvalue weighted by molar-refractivity contribution is 0.281. The largest absolute Gasteiger partial charge is 0.493 e. The third kappa shape index (κ3) is 5.17. The van der Waals surface area contributed by atoms with Crippen molar-refractivity contribution in [3.8, 4) is 5.75 Å². The van der Waals surface area contributed by atoms with Gasteiger partial charge in [0, 0.05) is 16.4 Å². The van der Waals surface area contributed by atoms with Crippen LogP contribution < -0.4 is 4.74 Å². The highest BCUT2D eigenvalue weighted by molar-refractivity contribution is 9.10. The zero-order valence-electron chi connectivity index (χ0n) is 9.18. The molecule has 1 rings (SSSR count).